The molecule has 1 aliphatic carbocycles. The van der Waals surface area contributed by atoms with Gasteiger partial charge in [-0.3, -0.25) is 0 Å². The lowest BCUT2D eigenvalue weighted by Gasteiger charge is -2.35. The SMILES string of the molecule is CSC1(CNS(=O)(=O)c2ccc(O)cc2)CCCCC1. The van der Waals surface area contributed by atoms with Crippen molar-refractivity contribution in [2.75, 3.05) is 12.8 Å². The molecule has 1 saturated carbocycles. The molecule has 2 N–H and O–H groups in total. The Morgan fingerprint density at radius 3 is 2.35 bits per heavy atom. The highest BCUT2D eigenvalue weighted by molar-refractivity contribution is 8.00. The van der Waals surface area contributed by atoms with Gasteiger partial charge in [0.25, 0.3) is 0 Å². The predicted molar refractivity (Wildman–Crippen MR) is 82.6 cm³/mol. The fourth-order valence-corrected chi connectivity index (χ4v) is 4.72. The zero-order valence-corrected chi connectivity index (χ0v) is 13.3. The van der Waals surface area contributed by atoms with Gasteiger partial charge in [-0.25, -0.2) is 13.1 Å². The van der Waals surface area contributed by atoms with Gasteiger partial charge in [0, 0.05) is 11.3 Å². The van der Waals surface area contributed by atoms with E-state index in [0.29, 0.717) is 6.54 Å². The smallest absolute Gasteiger partial charge is 0.240 e. The Hall–Kier alpha value is -0.720. The first-order chi connectivity index (χ1) is 9.47. The number of benzene rings is 1. The number of aromatic hydroxyl groups is 1. The molecule has 1 aliphatic rings. The Kier molecular flexibility index (Phi) is 4.99. The molecule has 0 aromatic heterocycles. The van der Waals surface area contributed by atoms with Crippen LogP contribution in [0.1, 0.15) is 32.1 Å². The van der Waals surface area contributed by atoms with Crippen LogP contribution in [-0.2, 0) is 10.0 Å². The Labute approximate surface area is 125 Å². The van der Waals surface area contributed by atoms with Gasteiger partial charge in [-0.15, -0.1) is 0 Å². The van der Waals surface area contributed by atoms with Gasteiger partial charge in [0.2, 0.25) is 10.0 Å². The first-order valence-corrected chi connectivity index (χ1v) is 9.52. The van der Waals surface area contributed by atoms with E-state index in [9.17, 15) is 13.5 Å². The van der Waals surface area contributed by atoms with Crippen molar-refractivity contribution in [3.63, 3.8) is 0 Å². The van der Waals surface area contributed by atoms with Gasteiger partial charge in [0.15, 0.2) is 0 Å². The number of phenols is 1. The molecular weight excluding hydrogens is 294 g/mol. The molecule has 2 rings (SSSR count). The Bertz CT molecular complexity index is 534. The highest BCUT2D eigenvalue weighted by Gasteiger charge is 2.32. The van der Waals surface area contributed by atoms with Crippen LogP contribution in [-0.4, -0.2) is 31.1 Å². The van der Waals surface area contributed by atoms with Crippen molar-refractivity contribution < 1.29 is 13.5 Å². The summed E-state index contributed by atoms with van der Waals surface area (Å²) in [7, 11) is -3.50. The first-order valence-electron chi connectivity index (χ1n) is 6.81. The minimum absolute atomic E-state index is 0.0300. The zero-order valence-electron chi connectivity index (χ0n) is 11.6. The molecule has 0 amide bonds. The van der Waals surface area contributed by atoms with Crippen molar-refractivity contribution >= 4 is 21.8 Å². The second-order valence-corrected chi connectivity index (χ2v) is 8.31. The van der Waals surface area contributed by atoms with Crippen LogP contribution in [0.5, 0.6) is 5.75 Å². The normalized spacial score (nSPS) is 18.9. The zero-order chi connectivity index (χ0) is 14.6. The van der Waals surface area contributed by atoms with E-state index in [-0.39, 0.29) is 15.4 Å². The molecule has 0 unspecified atom stereocenters. The highest BCUT2D eigenvalue weighted by atomic mass is 32.2. The topological polar surface area (TPSA) is 66.4 Å². The summed E-state index contributed by atoms with van der Waals surface area (Å²) in [6.45, 7) is 0.470. The van der Waals surface area contributed by atoms with E-state index < -0.39 is 10.0 Å². The van der Waals surface area contributed by atoms with Crippen LogP contribution in [0.4, 0.5) is 0 Å². The Morgan fingerprint density at radius 1 is 1.20 bits per heavy atom. The minimum Gasteiger partial charge on any atom is -0.508 e. The van der Waals surface area contributed by atoms with Crippen molar-refractivity contribution in [3.05, 3.63) is 24.3 Å². The van der Waals surface area contributed by atoms with Crippen LogP contribution in [0.2, 0.25) is 0 Å². The van der Waals surface area contributed by atoms with Crippen molar-refractivity contribution in [2.45, 2.75) is 41.7 Å². The Morgan fingerprint density at radius 2 is 1.80 bits per heavy atom. The monoisotopic (exact) mass is 315 g/mol. The van der Waals surface area contributed by atoms with Crippen molar-refractivity contribution in [1.29, 1.82) is 0 Å². The standard InChI is InChI=1S/C14H21NO3S2/c1-19-14(9-3-2-4-10-14)11-15-20(17,18)13-7-5-12(16)6-8-13/h5-8,15-16H,2-4,9-11H2,1H3. The Balaban J connectivity index is 2.06. The lowest BCUT2D eigenvalue weighted by Crippen LogP contribution is -2.41. The third-order valence-electron chi connectivity index (χ3n) is 3.93. The van der Waals surface area contributed by atoms with Crippen LogP contribution in [0.15, 0.2) is 29.2 Å². The van der Waals surface area contributed by atoms with Gasteiger partial charge in [0.1, 0.15) is 5.75 Å². The van der Waals surface area contributed by atoms with Crippen molar-refractivity contribution in [2.24, 2.45) is 0 Å². The van der Waals surface area contributed by atoms with E-state index in [2.05, 4.69) is 11.0 Å². The van der Waals surface area contributed by atoms with Gasteiger partial charge in [0.05, 0.1) is 4.90 Å². The average molecular weight is 315 g/mol. The maximum atomic E-state index is 12.2. The van der Waals surface area contributed by atoms with Crippen molar-refractivity contribution in [3.8, 4) is 5.75 Å². The molecule has 0 atom stereocenters. The number of sulfonamides is 1. The maximum absolute atomic E-state index is 12.2. The second kappa shape index (κ2) is 6.37. The molecule has 0 heterocycles. The molecule has 1 fully saturated rings. The fourth-order valence-electron chi connectivity index (χ4n) is 2.58. The molecule has 0 radical (unpaired) electrons. The molecule has 0 saturated heterocycles. The highest BCUT2D eigenvalue weighted by Crippen LogP contribution is 2.38. The van der Waals surface area contributed by atoms with E-state index in [1.807, 2.05) is 0 Å². The summed E-state index contributed by atoms with van der Waals surface area (Å²) in [5.74, 6) is 0.0665. The molecule has 4 nitrogen and oxygen atoms in total. The summed E-state index contributed by atoms with van der Waals surface area (Å²) in [4.78, 5) is 0.197. The van der Waals surface area contributed by atoms with Crippen LogP contribution < -0.4 is 4.72 Å². The number of rotatable bonds is 5. The first kappa shape index (κ1) is 15.7. The summed E-state index contributed by atoms with van der Waals surface area (Å²) >= 11 is 1.76. The molecule has 20 heavy (non-hydrogen) atoms. The average Bonchev–Trinajstić information content (AvgIpc) is 2.47. The molecular formula is C14H21NO3S2. The van der Waals surface area contributed by atoms with Crippen LogP contribution in [0, 0.1) is 0 Å². The summed E-state index contributed by atoms with van der Waals surface area (Å²) < 4.78 is 27.2. The van der Waals surface area contributed by atoms with E-state index in [1.54, 1.807) is 11.8 Å². The largest absolute Gasteiger partial charge is 0.508 e. The van der Waals surface area contributed by atoms with Gasteiger partial charge in [-0.2, -0.15) is 11.8 Å². The lowest BCUT2D eigenvalue weighted by atomic mass is 9.88. The number of hydrogen-bond acceptors (Lipinski definition) is 4. The molecule has 1 aromatic carbocycles. The van der Waals surface area contributed by atoms with E-state index in [4.69, 9.17) is 0 Å². The molecule has 0 aliphatic heterocycles. The van der Waals surface area contributed by atoms with Gasteiger partial charge in [-0.05, 0) is 43.4 Å². The number of hydrogen-bond donors (Lipinski definition) is 2. The van der Waals surface area contributed by atoms with Crippen LogP contribution >= 0.6 is 11.8 Å². The van der Waals surface area contributed by atoms with E-state index in [0.717, 1.165) is 12.8 Å². The predicted octanol–water partition coefficient (Wildman–Crippen LogP) is 2.74. The number of nitrogens with one attached hydrogen (secondary N) is 1. The molecule has 6 heteroatoms. The third-order valence-corrected chi connectivity index (χ3v) is 6.76. The summed E-state index contributed by atoms with van der Waals surface area (Å²) in [5, 5.41) is 9.22. The molecule has 1 aromatic rings. The van der Waals surface area contributed by atoms with Gasteiger partial charge >= 0.3 is 0 Å². The van der Waals surface area contributed by atoms with Crippen LogP contribution in [0.3, 0.4) is 0 Å². The molecule has 0 bridgehead atoms. The van der Waals surface area contributed by atoms with Gasteiger partial charge in [-0.1, -0.05) is 19.3 Å². The summed E-state index contributed by atoms with van der Waals surface area (Å²) in [6, 6.07) is 5.62. The van der Waals surface area contributed by atoms with Crippen molar-refractivity contribution in [1.82, 2.24) is 4.72 Å². The molecule has 112 valence electrons. The van der Waals surface area contributed by atoms with Crippen LogP contribution in [0.25, 0.3) is 0 Å². The fraction of sp³-hybridized carbons (Fsp3) is 0.571. The summed E-state index contributed by atoms with van der Waals surface area (Å²) in [6.07, 6.45) is 7.76. The van der Waals surface area contributed by atoms with E-state index >= 15 is 0 Å². The van der Waals surface area contributed by atoms with Gasteiger partial charge < -0.3 is 5.11 Å². The lowest BCUT2D eigenvalue weighted by molar-refractivity contribution is 0.395. The minimum atomic E-state index is -3.50. The third kappa shape index (κ3) is 3.68. The van der Waals surface area contributed by atoms with E-state index in [1.165, 1.54) is 43.5 Å². The number of phenolic OH excluding ortho intramolecular Hbond substituents is 1. The second-order valence-electron chi connectivity index (χ2n) is 5.27. The maximum Gasteiger partial charge on any atom is 0.240 e. The molecule has 0 spiro atoms. The quantitative estimate of drug-likeness (QED) is 0.877. The summed E-state index contributed by atoms with van der Waals surface area (Å²) in [5.41, 5.74) is 0. The number of thioether (sulfide) groups is 1.